The van der Waals surface area contributed by atoms with E-state index in [1.807, 2.05) is 6.07 Å². The van der Waals surface area contributed by atoms with Gasteiger partial charge >= 0.3 is 51.4 Å². The predicted molar refractivity (Wildman–Crippen MR) is 56.4 cm³/mol. The first-order valence-electron chi connectivity index (χ1n) is 3.98. The fraction of sp³-hybridized carbons (Fsp3) is 0.500. The summed E-state index contributed by atoms with van der Waals surface area (Å²) in [6.45, 7) is 1.47. The number of nitriles is 1. The molecule has 0 unspecified atom stereocenters. The molecule has 0 N–H and O–H groups in total. The van der Waals surface area contributed by atoms with Gasteiger partial charge in [-0.2, -0.15) is 5.26 Å². The summed E-state index contributed by atoms with van der Waals surface area (Å²) in [4.78, 5) is 13.2. The van der Waals surface area contributed by atoms with Crippen molar-refractivity contribution in [1.82, 2.24) is 4.90 Å². The Labute approximate surface area is 137 Å². The van der Waals surface area contributed by atoms with E-state index in [1.54, 1.807) is 4.90 Å². The molecule has 0 aliphatic carbocycles. The van der Waals surface area contributed by atoms with Crippen LogP contribution in [0.1, 0.15) is 12.8 Å². The molecule has 1 rings (SSSR count). The van der Waals surface area contributed by atoms with Crippen molar-refractivity contribution >= 4 is 31.2 Å². The standard InChI is InChI=1S/C8H10N2OS2.K/c9-5-6(8(12)13)7(11)10-3-1-2-4-10;/h12-13H,1-4H2;/q;+1. The van der Waals surface area contributed by atoms with E-state index in [0.717, 1.165) is 25.9 Å². The van der Waals surface area contributed by atoms with Crippen LogP contribution in [0.5, 0.6) is 0 Å². The van der Waals surface area contributed by atoms with E-state index in [1.165, 1.54) is 0 Å². The van der Waals surface area contributed by atoms with Crippen LogP contribution in [0.3, 0.4) is 0 Å². The maximum absolute atomic E-state index is 11.6. The number of carbonyl (C=O) groups excluding carboxylic acids is 1. The van der Waals surface area contributed by atoms with Crippen LogP contribution in [0.15, 0.2) is 9.81 Å². The summed E-state index contributed by atoms with van der Waals surface area (Å²) in [5.74, 6) is -0.250. The summed E-state index contributed by atoms with van der Waals surface area (Å²) < 4.78 is 0.194. The smallest absolute Gasteiger partial charge is 0.338 e. The molecule has 0 aromatic rings. The maximum atomic E-state index is 11.6. The topological polar surface area (TPSA) is 44.1 Å². The van der Waals surface area contributed by atoms with E-state index in [9.17, 15) is 4.79 Å². The Bertz CT molecular complexity index is 288. The molecule has 1 saturated heterocycles. The van der Waals surface area contributed by atoms with Crippen LogP contribution >= 0.6 is 25.3 Å². The van der Waals surface area contributed by atoms with Crippen LogP contribution < -0.4 is 51.4 Å². The minimum absolute atomic E-state index is 0. The van der Waals surface area contributed by atoms with Crippen molar-refractivity contribution in [2.24, 2.45) is 0 Å². The Morgan fingerprint density at radius 2 is 1.79 bits per heavy atom. The Morgan fingerprint density at radius 3 is 2.14 bits per heavy atom. The SMILES string of the molecule is N#CC(C(=O)N1CCCC1)=C(S)S.[K+]. The molecule has 14 heavy (non-hydrogen) atoms. The van der Waals surface area contributed by atoms with Gasteiger partial charge in [-0.05, 0) is 12.8 Å². The zero-order valence-electron chi connectivity index (χ0n) is 8.03. The second-order valence-electron chi connectivity index (χ2n) is 2.81. The zero-order valence-corrected chi connectivity index (χ0v) is 12.9. The van der Waals surface area contributed by atoms with Gasteiger partial charge in [0.2, 0.25) is 0 Å². The Balaban J connectivity index is 0.00000169. The quantitative estimate of drug-likeness (QED) is 0.251. The number of carbonyl (C=O) groups is 1. The van der Waals surface area contributed by atoms with Gasteiger partial charge in [-0.3, -0.25) is 4.79 Å². The summed E-state index contributed by atoms with van der Waals surface area (Å²) in [5, 5.41) is 8.67. The van der Waals surface area contributed by atoms with Crippen LogP contribution in [-0.4, -0.2) is 23.9 Å². The molecule has 0 atom stereocenters. The number of nitrogens with zero attached hydrogens (tertiary/aromatic N) is 2. The second kappa shape index (κ2) is 7.33. The molecule has 0 spiro atoms. The fourth-order valence-corrected chi connectivity index (χ4v) is 1.56. The van der Waals surface area contributed by atoms with Crippen molar-refractivity contribution < 1.29 is 56.2 Å². The van der Waals surface area contributed by atoms with E-state index in [2.05, 4.69) is 25.3 Å². The van der Waals surface area contributed by atoms with E-state index in [0.29, 0.717) is 0 Å². The first-order chi connectivity index (χ1) is 6.16. The van der Waals surface area contributed by atoms with Crippen LogP contribution in [0.2, 0.25) is 0 Å². The van der Waals surface area contributed by atoms with Crippen molar-refractivity contribution in [2.45, 2.75) is 12.8 Å². The average Bonchev–Trinajstić information content (AvgIpc) is 2.56. The van der Waals surface area contributed by atoms with E-state index in [4.69, 9.17) is 5.26 Å². The number of hydrogen-bond donors (Lipinski definition) is 2. The molecular formula is C8H10KN2OS2+. The van der Waals surface area contributed by atoms with Gasteiger partial charge in [-0.15, -0.1) is 25.3 Å². The van der Waals surface area contributed by atoms with E-state index in [-0.39, 0.29) is 67.1 Å². The predicted octanol–water partition coefficient (Wildman–Crippen LogP) is -1.79. The van der Waals surface area contributed by atoms with Crippen molar-refractivity contribution in [3.63, 3.8) is 0 Å². The molecule has 0 bridgehead atoms. The molecule has 1 aliphatic rings. The number of hydrogen-bond acceptors (Lipinski definition) is 4. The van der Waals surface area contributed by atoms with E-state index < -0.39 is 0 Å². The average molecular weight is 253 g/mol. The molecule has 70 valence electrons. The third-order valence-electron chi connectivity index (χ3n) is 1.94. The fourth-order valence-electron chi connectivity index (χ4n) is 1.27. The van der Waals surface area contributed by atoms with Crippen molar-refractivity contribution in [2.75, 3.05) is 13.1 Å². The van der Waals surface area contributed by atoms with Gasteiger partial charge in [0.05, 0.1) is 4.24 Å². The van der Waals surface area contributed by atoms with Gasteiger partial charge in [-0.1, -0.05) is 0 Å². The summed E-state index contributed by atoms with van der Waals surface area (Å²) >= 11 is 7.76. The van der Waals surface area contributed by atoms with Gasteiger partial charge in [0.25, 0.3) is 5.91 Å². The van der Waals surface area contributed by atoms with Gasteiger partial charge in [0.1, 0.15) is 11.6 Å². The summed E-state index contributed by atoms with van der Waals surface area (Å²) in [6.07, 6.45) is 2.03. The summed E-state index contributed by atoms with van der Waals surface area (Å²) in [6, 6.07) is 1.81. The third kappa shape index (κ3) is 3.89. The number of thiol groups is 2. The summed E-state index contributed by atoms with van der Waals surface area (Å²) in [5.41, 5.74) is 0.0357. The normalized spacial score (nSPS) is 14.2. The second-order valence-corrected chi connectivity index (χ2v) is 4.06. The molecule has 1 aliphatic heterocycles. The number of rotatable bonds is 1. The van der Waals surface area contributed by atoms with Crippen molar-refractivity contribution in [3.8, 4) is 6.07 Å². The zero-order chi connectivity index (χ0) is 9.84. The molecule has 1 fully saturated rings. The molecule has 0 saturated carbocycles. The van der Waals surface area contributed by atoms with Crippen LogP contribution in [0.25, 0.3) is 0 Å². The van der Waals surface area contributed by atoms with Crippen LogP contribution in [-0.2, 0) is 4.79 Å². The van der Waals surface area contributed by atoms with Crippen molar-refractivity contribution in [3.05, 3.63) is 9.81 Å². The molecule has 3 nitrogen and oxygen atoms in total. The largest absolute Gasteiger partial charge is 1.00 e. The first-order valence-corrected chi connectivity index (χ1v) is 4.88. The van der Waals surface area contributed by atoms with Gasteiger partial charge < -0.3 is 4.90 Å². The molecule has 0 radical (unpaired) electrons. The third-order valence-corrected chi connectivity index (χ3v) is 2.39. The molecule has 1 amide bonds. The molecule has 0 aromatic carbocycles. The maximum Gasteiger partial charge on any atom is 1.00 e. The van der Waals surface area contributed by atoms with Gasteiger partial charge in [0.15, 0.2) is 0 Å². The number of amides is 1. The molecular weight excluding hydrogens is 243 g/mol. The summed E-state index contributed by atoms with van der Waals surface area (Å²) in [7, 11) is 0. The Hall–Kier alpha value is 1.04. The van der Waals surface area contributed by atoms with Crippen LogP contribution in [0.4, 0.5) is 0 Å². The molecule has 1 heterocycles. The molecule has 6 heteroatoms. The first kappa shape index (κ1) is 15.0. The monoisotopic (exact) mass is 253 g/mol. The Kier molecular flexibility index (Phi) is 7.88. The molecule has 0 aromatic heterocycles. The van der Waals surface area contributed by atoms with Gasteiger partial charge in [0, 0.05) is 13.1 Å². The van der Waals surface area contributed by atoms with Gasteiger partial charge in [-0.25, -0.2) is 0 Å². The van der Waals surface area contributed by atoms with E-state index >= 15 is 0 Å². The van der Waals surface area contributed by atoms with Crippen LogP contribution in [0, 0.1) is 11.3 Å². The minimum Gasteiger partial charge on any atom is -0.338 e. The number of likely N-dealkylation sites (tertiary alicyclic amines) is 1. The minimum atomic E-state index is -0.250. The van der Waals surface area contributed by atoms with Crippen molar-refractivity contribution in [1.29, 1.82) is 5.26 Å². The Morgan fingerprint density at radius 1 is 1.29 bits per heavy atom.